The van der Waals surface area contributed by atoms with Crippen molar-refractivity contribution in [3.8, 4) is 0 Å². The van der Waals surface area contributed by atoms with Gasteiger partial charge in [-0.3, -0.25) is 4.79 Å². The van der Waals surface area contributed by atoms with Crippen molar-refractivity contribution in [1.29, 1.82) is 0 Å². The highest BCUT2D eigenvalue weighted by molar-refractivity contribution is 7.99. The number of aryl methyl sites for hydroxylation is 3. The van der Waals surface area contributed by atoms with Gasteiger partial charge in [-0.15, -0.1) is 5.10 Å². The van der Waals surface area contributed by atoms with Gasteiger partial charge in [0, 0.05) is 0 Å². The fourth-order valence-electron chi connectivity index (χ4n) is 1.62. The summed E-state index contributed by atoms with van der Waals surface area (Å²) < 4.78 is 4.94. The highest BCUT2D eigenvalue weighted by Gasteiger charge is 2.17. The number of hydrogen-bond acceptors (Lipinski definition) is 9. The second-order valence-electron chi connectivity index (χ2n) is 4.76. The lowest BCUT2D eigenvalue weighted by Gasteiger charge is -2.02. The molecule has 0 aliphatic heterocycles. The first-order valence-corrected chi connectivity index (χ1v) is 8.96. The number of thiazole rings is 1. The molecule has 1 N–H and O–H groups in total. The minimum absolute atomic E-state index is 0.123. The number of carbonyl (C=O) groups is 2. The maximum Gasteiger partial charge on any atom is 0.350 e. The van der Waals surface area contributed by atoms with Crippen LogP contribution in [0, 0.1) is 20.8 Å². The predicted octanol–water partition coefficient (Wildman–Crippen LogP) is 2.16. The number of hydrogen-bond donors (Lipinski definition) is 1. The summed E-state index contributed by atoms with van der Waals surface area (Å²) in [5.74, 6) is -0.569. The minimum Gasteiger partial charge on any atom is -0.462 e. The lowest BCUT2D eigenvalue weighted by atomic mass is 10.4. The van der Waals surface area contributed by atoms with Gasteiger partial charge in [-0.25, -0.2) is 14.8 Å². The SMILES string of the molecule is CCOC(=O)c1sc(NC(=O)CSc2nnc(C)c(C)n2)nc1C. The Morgan fingerprint density at radius 2 is 1.88 bits per heavy atom. The highest BCUT2D eigenvalue weighted by atomic mass is 32.2. The van der Waals surface area contributed by atoms with Gasteiger partial charge in [0.2, 0.25) is 11.1 Å². The van der Waals surface area contributed by atoms with E-state index < -0.39 is 5.97 Å². The summed E-state index contributed by atoms with van der Waals surface area (Å²) in [5, 5.41) is 11.4. The summed E-state index contributed by atoms with van der Waals surface area (Å²) in [5.41, 5.74) is 2.07. The smallest absolute Gasteiger partial charge is 0.350 e. The molecular formula is C14H17N5O3S2. The van der Waals surface area contributed by atoms with Crippen LogP contribution in [0.3, 0.4) is 0 Å². The van der Waals surface area contributed by atoms with Crippen molar-refractivity contribution in [2.24, 2.45) is 0 Å². The number of aromatic nitrogens is 4. The van der Waals surface area contributed by atoms with Gasteiger partial charge < -0.3 is 10.1 Å². The van der Waals surface area contributed by atoms with Crippen molar-refractivity contribution in [3.05, 3.63) is 22.0 Å². The summed E-state index contributed by atoms with van der Waals surface area (Å²) in [6.07, 6.45) is 0. The van der Waals surface area contributed by atoms with E-state index in [0.717, 1.165) is 22.7 Å². The molecule has 10 heteroatoms. The van der Waals surface area contributed by atoms with Crippen LogP contribution in [-0.2, 0) is 9.53 Å². The average molecular weight is 367 g/mol. The Bertz CT molecular complexity index is 763. The van der Waals surface area contributed by atoms with E-state index in [-0.39, 0.29) is 11.7 Å². The molecule has 0 bridgehead atoms. The lowest BCUT2D eigenvalue weighted by molar-refractivity contribution is -0.113. The van der Waals surface area contributed by atoms with Crippen LogP contribution in [0.15, 0.2) is 5.16 Å². The van der Waals surface area contributed by atoms with Crippen molar-refractivity contribution < 1.29 is 14.3 Å². The van der Waals surface area contributed by atoms with Crippen LogP contribution in [-0.4, -0.2) is 44.4 Å². The standard InChI is InChI=1S/C14H17N5O3S2/c1-5-22-12(21)11-9(4)16-13(24-11)17-10(20)6-23-14-15-7(2)8(3)18-19-14/h5-6H2,1-4H3,(H,16,17,20). The van der Waals surface area contributed by atoms with Crippen LogP contribution in [0.4, 0.5) is 5.13 Å². The molecule has 0 radical (unpaired) electrons. The topological polar surface area (TPSA) is 107 Å². The van der Waals surface area contributed by atoms with Gasteiger partial charge in [0.15, 0.2) is 5.13 Å². The van der Waals surface area contributed by atoms with Crippen LogP contribution in [0.2, 0.25) is 0 Å². The Hall–Kier alpha value is -2.07. The summed E-state index contributed by atoms with van der Waals surface area (Å²) in [4.78, 5) is 32.5. The van der Waals surface area contributed by atoms with E-state index in [4.69, 9.17) is 4.74 Å². The van der Waals surface area contributed by atoms with E-state index in [1.54, 1.807) is 13.8 Å². The lowest BCUT2D eigenvalue weighted by Crippen LogP contribution is -2.14. The van der Waals surface area contributed by atoms with E-state index in [0.29, 0.717) is 27.5 Å². The van der Waals surface area contributed by atoms with E-state index in [9.17, 15) is 9.59 Å². The number of esters is 1. The van der Waals surface area contributed by atoms with Crippen LogP contribution in [0.1, 0.15) is 33.7 Å². The summed E-state index contributed by atoms with van der Waals surface area (Å²) in [6, 6.07) is 0. The van der Waals surface area contributed by atoms with Crippen molar-refractivity contribution in [2.45, 2.75) is 32.9 Å². The number of rotatable bonds is 6. The van der Waals surface area contributed by atoms with Crippen molar-refractivity contribution >= 4 is 40.1 Å². The maximum absolute atomic E-state index is 12.0. The van der Waals surface area contributed by atoms with Gasteiger partial charge in [-0.05, 0) is 27.7 Å². The summed E-state index contributed by atoms with van der Waals surface area (Å²) in [7, 11) is 0. The Kier molecular flexibility index (Phi) is 6.21. The number of ether oxygens (including phenoxy) is 1. The van der Waals surface area contributed by atoms with E-state index in [1.807, 2.05) is 13.8 Å². The summed E-state index contributed by atoms with van der Waals surface area (Å²) in [6.45, 7) is 7.38. The van der Waals surface area contributed by atoms with Crippen molar-refractivity contribution in [2.75, 3.05) is 17.7 Å². The first-order chi connectivity index (χ1) is 11.4. The zero-order valence-corrected chi connectivity index (χ0v) is 15.4. The Morgan fingerprint density at radius 3 is 2.54 bits per heavy atom. The van der Waals surface area contributed by atoms with Crippen LogP contribution < -0.4 is 5.32 Å². The molecule has 0 saturated heterocycles. The molecular weight excluding hydrogens is 350 g/mol. The molecule has 0 aliphatic rings. The number of amides is 1. The van der Waals surface area contributed by atoms with Gasteiger partial charge in [0.1, 0.15) is 4.88 Å². The van der Waals surface area contributed by atoms with Crippen LogP contribution >= 0.6 is 23.1 Å². The molecule has 128 valence electrons. The van der Waals surface area contributed by atoms with Crippen LogP contribution in [0.5, 0.6) is 0 Å². The number of carbonyl (C=O) groups excluding carboxylic acids is 2. The van der Waals surface area contributed by atoms with Gasteiger partial charge in [0.25, 0.3) is 0 Å². The van der Waals surface area contributed by atoms with Gasteiger partial charge in [-0.2, -0.15) is 5.10 Å². The second-order valence-corrected chi connectivity index (χ2v) is 6.70. The van der Waals surface area contributed by atoms with Gasteiger partial charge in [-0.1, -0.05) is 23.1 Å². The Labute approximate surface area is 147 Å². The molecule has 8 nitrogen and oxygen atoms in total. The molecule has 0 aromatic carbocycles. The summed E-state index contributed by atoms with van der Waals surface area (Å²) >= 11 is 2.28. The normalized spacial score (nSPS) is 10.5. The zero-order valence-electron chi connectivity index (χ0n) is 13.7. The van der Waals surface area contributed by atoms with Crippen LogP contribution in [0.25, 0.3) is 0 Å². The largest absolute Gasteiger partial charge is 0.462 e. The molecule has 2 aromatic heterocycles. The first kappa shape index (κ1) is 18.3. The second kappa shape index (κ2) is 8.15. The quantitative estimate of drug-likeness (QED) is 0.611. The molecule has 0 aliphatic carbocycles. The highest BCUT2D eigenvalue weighted by Crippen LogP contribution is 2.24. The molecule has 2 rings (SSSR count). The number of nitrogens with zero attached hydrogens (tertiary/aromatic N) is 4. The number of thioether (sulfide) groups is 1. The molecule has 1 amide bonds. The molecule has 2 aromatic rings. The Balaban J connectivity index is 1.93. The molecule has 24 heavy (non-hydrogen) atoms. The Morgan fingerprint density at radius 1 is 1.12 bits per heavy atom. The molecule has 0 saturated carbocycles. The van der Waals surface area contributed by atoms with Gasteiger partial charge in [0.05, 0.1) is 29.4 Å². The third-order valence-corrected chi connectivity index (χ3v) is 4.80. The van der Waals surface area contributed by atoms with Crippen molar-refractivity contribution in [1.82, 2.24) is 20.2 Å². The van der Waals surface area contributed by atoms with Crippen molar-refractivity contribution in [3.63, 3.8) is 0 Å². The van der Waals surface area contributed by atoms with E-state index >= 15 is 0 Å². The third-order valence-electron chi connectivity index (χ3n) is 2.91. The first-order valence-electron chi connectivity index (χ1n) is 7.15. The number of anilines is 1. The predicted molar refractivity (Wildman–Crippen MR) is 91.5 cm³/mol. The molecule has 0 fully saturated rings. The molecule has 0 spiro atoms. The van der Waals surface area contributed by atoms with Gasteiger partial charge >= 0.3 is 5.97 Å². The van der Waals surface area contributed by atoms with E-state index in [1.165, 1.54) is 11.8 Å². The minimum atomic E-state index is -0.433. The number of nitrogens with one attached hydrogen (secondary N) is 1. The maximum atomic E-state index is 12.0. The molecule has 0 atom stereocenters. The van der Waals surface area contributed by atoms with E-state index in [2.05, 4.69) is 25.5 Å². The molecule has 2 heterocycles. The molecule has 0 unspecified atom stereocenters. The third kappa shape index (κ3) is 4.71. The fourth-order valence-corrected chi connectivity index (χ4v) is 3.13. The monoisotopic (exact) mass is 367 g/mol. The average Bonchev–Trinajstić information content (AvgIpc) is 2.89. The fraction of sp³-hybridized carbons (Fsp3) is 0.429. The zero-order chi connectivity index (χ0) is 17.7.